The quantitative estimate of drug-likeness (QED) is 0.499. The molecular formula is C12H12N6OS2. The number of phenols is 1. The molecule has 0 saturated carbocycles. The third-order valence-corrected chi connectivity index (χ3v) is 3.90. The van der Waals surface area contributed by atoms with Crippen LogP contribution in [0.3, 0.4) is 0 Å². The van der Waals surface area contributed by atoms with Crippen LogP contribution in [0.1, 0.15) is 12.7 Å². The van der Waals surface area contributed by atoms with E-state index in [9.17, 15) is 5.11 Å². The zero-order chi connectivity index (χ0) is 15.0. The number of nitrogens with two attached hydrogens (primary N) is 1. The van der Waals surface area contributed by atoms with Crippen molar-refractivity contribution >= 4 is 39.3 Å². The SMILES string of the molecule is CCc1nnc2sc(-c3cc(NC(N)=S)ccc3O)nn12. The first-order valence-corrected chi connectivity index (χ1v) is 7.42. The molecule has 7 nitrogen and oxygen atoms in total. The van der Waals surface area contributed by atoms with Gasteiger partial charge in [0.15, 0.2) is 15.9 Å². The molecule has 4 N–H and O–H groups in total. The summed E-state index contributed by atoms with van der Waals surface area (Å²) < 4.78 is 1.69. The number of benzene rings is 1. The second-order valence-electron chi connectivity index (χ2n) is 4.29. The first-order chi connectivity index (χ1) is 10.1. The zero-order valence-corrected chi connectivity index (χ0v) is 12.7. The van der Waals surface area contributed by atoms with Gasteiger partial charge >= 0.3 is 0 Å². The molecule has 21 heavy (non-hydrogen) atoms. The number of hydrogen-bond acceptors (Lipinski definition) is 6. The third kappa shape index (κ3) is 2.52. The van der Waals surface area contributed by atoms with Gasteiger partial charge in [-0.05, 0) is 30.4 Å². The molecule has 0 aliphatic carbocycles. The van der Waals surface area contributed by atoms with E-state index in [-0.39, 0.29) is 10.9 Å². The van der Waals surface area contributed by atoms with Crippen molar-refractivity contribution in [2.24, 2.45) is 5.73 Å². The lowest BCUT2D eigenvalue weighted by atomic mass is 10.2. The maximum absolute atomic E-state index is 10.0. The van der Waals surface area contributed by atoms with Crippen molar-refractivity contribution in [2.45, 2.75) is 13.3 Å². The lowest BCUT2D eigenvalue weighted by molar-refractivity contribution is 0.477. The Morgan fingerprint density at radius 2 is 2.29 bits per heavy atom. The fraction of sp³-hybridized carbons (Fsp3) is 0.167. The van der Waals surface area contributed by atoms with Crippen LogP contribution in [-0.2, 0) is 6.42 Å². The van der Waals surface area contributed by atoms with Crippen LogP contribution in [0.4, 0.5) is 5.69 Å². The summed E-state index contributed by atoms with van der Waals surface area (Å²) in [4.78, 5) is 0.689. The topological polar surface area (TPSA) is 101 Å². The largest absolute Gasteiger partial charge is 0.507 e. The number of nitrogens with zero attached hydrogens (tertiary/aromatic N) is 4. The van der Waals surface area contributed by atoms with Crippen LogP contribution in [0.25, 0.3) is 15.5 Å². The number of nitrogens with one attached hydrogen (secondary N) is 1. The number of anilines is 1. The number of aryl methyl sites for hydroxylation is 1. The van der Waals surface area contributed by atoms with E-state index in [4.69, 9.17) is 18.0 Å². The van der Waals surface area contributed by atoms with E-state index in [0.717, 1.165) is 12.2 Å². The van der Waals surface area contributed by atoms with Crippen LogP contribution in [0.5, 0.6) is 5.75 Å². The molecule has 0 unspecified atom stereocenters. The number of fused-ring (bicyclic) bond motifs is 1. The van der Waals surface area contributed by atoms with E-state index in [2.05, 4.69) is 20.6 Å². The predicted molar refractivity (Wildman–Crippen MR) is 85.5 cm³/mol. The van der Waals surface area contributed by atoms with Crippen LogP contribution in [0.15, 0.2) is 18.2 Å². The van der Waals surface area contributed by atoms with E-state index in [0.29, 0.717) is 21.2 Å². The van der Waals surface area contributed by atoms with Gasteiger partial charge in [-0.2, -0.15) is 9.61 Å². The summed E-state index contributed by atoms with van der Waals surface area (Å²) >= 11 is 6.17. The minimum absolute atomic E-state index is 0.131. The van der Waals surface area contributed by atoms with Crippen LogP contribution in [0, 0.1) is 0 Å². The van der Waals surface area contributed by atoms with Crippen LogP contribution in [0.2, 0.25) is 0 Å². The highest BCUT2D eigenvalue weighted by atomic mass is 32.1. The van der Waals surface area contributed by atoms with Crippen molar-refractivity contribution < 1.29 is 5.11 Å². The highest BCUT2D eigenvalue weighted by molar-refractivity contribution is 7.80. The van der Waals surface area contributed by atoms with Crippen molar-refractivity contribution in [3.05, 3.63) is 24.0 Å². The van der Waals surface area contributed by atoms with Gasteiger partial charge in [0.25, 0.3) is 0 Å². The van der Waals surface area contributed by atoms with Gasteiger partial charge in [-0.1, -0.05) is 18.3 Å². The summed E-state index contributed by atoms with van der Waals surface area (Å²) in [5.74, 6) is 0.913. The van der Waals surface area contributed by atoms with Crippen LogP contribution < -0.4 is 11.1 Å². The van der Waals surface area contributed by atoms with E-state index >= 15 is 0 Å². The monoisotopic (exact) mass is 320 g/mol. The molecule has 108 valence electrons. The average Bonchev–Trinajstić information content (AvgIpc) is 3.00. The van der Waals surface area contributed by atoms with Crippen LogP contribution >= 0.6 is 23.6 Å². The predicted octanol–water partition coefficient (Wildman–Crippen LogP) is 1.78. The Bertz CT molecular complexity index is 824. The van der Waals surface area contributed by atoms with Gasteiger partial charge in [-0.3, -0.25) is 0 Å². The van der Waals surface area contributed by atoms with Crippen LogP contribution in [-0.4, -0.2) is 30.0 Å². The third-order valence-electron chi connectivity index (χ3n) is 2.87. The van der Waals surface area contributed by atoms with E-state index in [1.165, 1.54) is 11.3 Å². The van der Waals surface area contributed by atoms with Gasteiger partial charge in [0, 0.05) is 12.1 Å². The van der Waals surface area contributed by atoms with Crippen molar-refractivity contribution in [2.75, 3.05) is 5.32 Å². The smallest absolute Gasteiger partial charge is 0.234 e. The molecule has 0 atom stereocenters. The van der Waals surface area contributed by atoms with Gasteiger partial charge in [0.05, 0.1) is 5.56 Å². The van der Waals surface area contributed by atoms with Crippen molar-refractivity contribution in [1.82, 2.24) is 19.8 Å². The maximum atomic E-state index is 10.0. The van der Waals surface area contributed by atoms with Gasteiger partial charge in [-0.15, -0.1) is 10.2 Å². The fourth-order valence-electron chi connectivity index (χ4n) is 1.91. The molecule has 1 aromatic carbocycles. The van der Waals surface area contributed by atoms with Crippen molar-refractivity contribution in [3.63, 3.8) is 0 Å². The highest BCUT2D eigenvalue weighted by Crippen LogP contribution is 2.34. The maximum Gasteiger partial charge on any atom is 0.234 e. The summed E-state index contributed by atoms with van der Waals surface area (Å²) in [7, 11) is 0. The van der Waals surface area contributed by atoms with E-state index in [1.54, 1.807) is 22.7 Å². The molecule has 0 spiro atoms. The molecule has 0 aliphatic heterocycles. The second kappa shape index (κ2) is 5.26. The summed E-state index contributed by atoms with van der Waals surface area (Å²) in [6, 6.07) is 5.00. The summed E-state index contributed by atoms with van der Waals surface area (Å²) in [6.07, 6.45) is 0.735. The van der Waals surface area contributed by atoms with Gasteiger partial charge in [0.2, 0.25) is 4.96 Å². The average molecular weight is 320 g/mol. The molecule has 3 aromatic rings. The number of thiocarbonyl (C=S) groups is 1. The van der Waals surface area contributed by atoms with Crippen molar-refractivity contribution in [3.8, 4) is 16.3 Å². The number of aromatic nitrogens is 4. The lowest BCUT2D eigenvalue weighted by Crippen LogP contribution is -2.18. The molecule has 9 heteroatoms. The summed E-state index contributed by atoms with van der Waals surface area (Å²) in [6.45, 7) is 1.99. The Kier molecular flexibility index (Phi) is 3.43. The minimum Gasteiger partial charge on any atom is -0.507 e. The first kappa shape index (κ1) is 13.7. The number of rotatable bonds is 3. The Hall–Kier alpha value is -2.26. The number of hydrogen-bond donors (Lipinski definition) is 3. The highest BCUT2D eigenvalue weighted by Gasteiger charge is 2.15. The molecule has 3 rings (SSSR count). The second-order valence-corrected chi connectivity index (χ2v) is 5.69. The molecule has 2 heterocycles. The summed E-state index contributed by atoms with van der Waals surface area (Å²) in [5.41, 5.74) is 6.74. The van der Waals surface area contributed by atoms with Gasteiger partial charge < -0.3 is 16.2 Å². The number of aromatic hydroxyl groups is 1. The molecule has 0 saturated heterocycles. The molecule has 0 radical (unpaired) electrons. The fourth-order valence-corrected chi connectivity index (χ4v) is 2.92. The normalized spacial score (nSPS) is 10.9. The van der Waals surface area contributed by atoms with E-state index < -0.39 is 0 Å². The van der Waals surface area contributed by atoms with Gasteiger partial charge in [0.1, 0.15) is 5.75 Å². The Morgan fingerprint density at radius 3 is 3.00 bits per heavy atom. The zero-order valence-electron chi connectivity index (χ0n) is 11.1. The van der Waals surface area contributed by atoms with E-state index in [1.807, 2.05) is 6.92 Å². The molecule has 2 aromatic heterocycles. The van der Waals surface area contributed by atoms with Crippen molar-refractivity contribution in [1.29, 1.82) is 0 Å². The molecule has 0 amide bonds. The lowest BCUT2D eigenvalue weighted by Gasteiger charge is -2.06. The first-order valence-electron chi connectivity index (χ1n) is 6.19. The Balaban J connectivity index is 2.08. The molecule has 0 bridgehead atoms. The molecular weight excluding hydrogens is 308 g/mol. The standard InChI is InChI=1S/C12H12N6OS2/c1-2-9-15-16-12-18(9)17-10(21-12)7-5-6(14-11(13)20)3-4-8(7)19/h3-5,19H,2H2,1H3,(H3,13,14,20). The Morgan fingerprint density at radius 1 is 1.48 bits per heavy atom. The Labute approximate surface area is 129 Å². The summed E-state index contributed by atoms with van der Waals surface area (Å²) in [5, 5.41) is 26.3. The molecule has 0 fully saturated rings. The molecule has 0 aliphatic rings. The minimum atomic E-state index is 0.131. The van der Waals surface area contributed by atoms with Gasteiger partial charge in [-0.25, -0.2) is 0 Å². The number of phenolic OH excluding ortho intramolecular Hbond substituents is 1.